The van der Waals surface area contributed by atoms with Gasteiger partial charge in [-0.1, -0.05) is 13.8 Å². The third kappa shape index (κ3) is 4.27. The molecule has 0 amide bonds. The van der Waals surface area contributed by atoms with Gasteiger partial charge in [0.15, 0.2) is 0 Å². The summed E-state index contributed by atoms with van der Waals surface area (Å²) in [5, 5.41) is 3.32. The van der Waals surface area contributed by atoms with Crippen LogP contribution in [0.5, 0.6) is 0 Å². The van der Waals surface area contributed by atoms with E-state index in [1.165, 1.54) is 12.1 Å². The van der Waals surface area contributed by atoms with Gasteiger partial charge in [-0.05, 0) is 43.5 Å². The molecule has 0 aliphatic carbocycles. The molecule has 0 saturated carbocycles. The summed E-state index contributed by atoms with van der Waals surface area (Å²) in [4.78, 5) is 0. The molecule has 1 rings (SSSR count). The summed E-state index contributed by atoms with van der Waals surface area (Å²) < 4.78 is 25.8. The highest BCUT2D eigenvalue weighted by atomic mass is 19.1. The Labute approximate surface area is 95.9 Å². The van der Waals surface area contributed by atoms with E-state index < -0.39 is 11.6 Å². The van der Waals surface area contributed by atoms with Crippen molar-refractivity contribution < 1.29 is 8.78 Å². The van der Waals surface area contributed by atoms with Crippen molar-refractivity contribution in [3.05, 3.63) is 35.4 Å². The smallest absolute Gasteiger partial charge is 0.126 e. The summed E-state index contributed by atoms with van der Waals surface area (Å²) in [5.41, 5.74) is 0.695. The van der Waals surface area contributed by atoms with Crippen molar-refractivity contribution in [2.75, 3.05) is 6.54 Å². The largest absolute Gasteiger partial charge is 0.314 e. The first-order valence-electron chi connectivity index (χ1n) is 5.67. The van der Waals surface area contributed by atoms with E-state index in [2.05, 4.69) is 26.1 Å². The molecule has 16 heavy (non-hydrogen) atoms. The molecule has 0 heterocycles. The van der Waals surface area contributed by atoms with Crippen LogP contribution in [0, 0.1) is 17.6 Å². The minimum atomic E-state index is -0.507. The van der Waals surface area contributed by atoms with Crippen LogP contribution in [0.3, 0.4) is 0 Å². The van der Waals surface area contributed by atoms with Gasteiger partial charge in [0.1, 0.15) is 11.6 Å². The van der Waals surface area contributed by atoms with Crippen LogP contribution in [0.4, 0.5) is 8.78 Å². The first-order chi connectivity index (χ1) is 7.49. The second-order valence-corrected chi connectivity index (χ2v) is 4.51. The number of hydrogen-bond donors (Lipinski definition) is 1. The lowest BCUT2D eigenvalue weighted by atomic mass is 10.1. The Kier molecular flexibility index (Phi) is 4.87. The zero-order chi connectivity index (χ0) is 12.1. The average molecular weight is 227 g/mol. The zero-order valence-electron chi connectivity index (χ0n) is 10.1. The highest BCUT2D eigenvalue weighted by molar-refractivity contribution is 5.18. The molecule has 1 unspecified atom stereocenters. The fourth-order valence-corrected chi connectivity index (χ4v) is 1.44. The highest BCUT2D eigenvalue weighted by Gasteiger charge is 2.06. The van der Waals surface area contributed by atoms with E-state index in [1.807, 2.05) is 0 Å². The molecule has 0 spiro atoms. The van der Waals surface area contributed by atoms with Crippen LogP contribution < -0.4 is 5.32 Å². The molecule has 0 radical (unpaired) electrons. The van der Waals surface area contributed by atoms with Gasteiger partial charge in [0, 0.05) is 12.1 Å². The van der Waals surface area contributed by atoms with Gasteiger partial charge in [0.25, 0.3) is 0 Å². The lowest BCUT2D eigenvalue weighted by Gasteiger charge is -2.17. The minimum absolute atomic E-state index is 0.415. The summed E-state index contributed by atoms with van der Waals surface area (Å²) in [7, 11) is 0. The monoisotopic (exact) mass is 227 g/mol. The first kappa shape index (κ1) is 13.1. The van der Waals surface area contributed by atoms with Crippen LogP contribution in [-0.2, 0) is 6.42 Å². The summed E-state index contributed by atoms with van der Waals surface area (Å²) in [5.74, 6) is -0.455. The van der Waals surface area contributed by atoms with Gasteiger partial charge >= 0.3 is 0 Å². The van der Waals surface area contributed by atoms with Crippen LogP contribution in [-0.4, -0.2) is 12.6 Å². The molecule has 1 atom stereocenters. The Balaban J connectivity index is 2.43. The summed E-state index contributed by atoms with van der Waals surface area (Å²) in [6, 6.07) is 4.07. The van der Waals surface area contributed by atoms with Crippen LogP contribution in [0.2, 0.25) is 0 Å². The molecule has 90 valence electrons. The maximum Gasteiger partial charge on any atom is 0.126 e. The lowest BCUT2D eigenvalue weighted by molar-refractivity contribution is 0.429. The quantitative estimate of drug-likeness (QED) is 0.814. The number of benzene rings is 1. The fraction of sp³-hybridized carbons (Fsp3) is 0.538. The molecule has 1 nitrogen and oxygen atoms in total. The molecular weight excluding hydrogens is 208 g/mol. The predicted molar refractivity (Wildman–Crippen MR) is 62.4 cm³/mol. The van der Waals surface area contributed by atoms with Gasteiger partial charge < -0.3 is 5.32 Å². The van der Waals surface area contributed by atoms with E-state index in [-0.39, 0.29) is 0 Å². The van der Waals surface area contributed by atoms with Crippen molar-refractivity contribution in [3.63, 3.8) is 0 Å². The SMILES string of the molecule is CC(C)C(C)NCCc1cc(F)cc(F)c1. The van der Waals surface area contributed by atoms with Gasteiger partial charge in [0.05, 0.1) is 0 Å². The molecule has 0 bridgehead atoms. The molecule has 1 aromatic rings. The Hall–Kier alpha value is -0.960. The van der Waals surface area contributed by atoms with Crippen molar-refractivity contribution in [3.8, 4) is 0 Å². The number of halogens is 2. The van der Waals surface area contributed by atoms with Crippen molar-refractivity contribution in [2.24, 2.45) is 5.92 Å². The Morgan fingerprint density at radius 2 is 1.62 bits per heavy atom. The van der Waals surface area contributed by atoms with Crippen molar-refractivity contribution in [2.45, 2.75) is 33.2 Å². The predicted octanol–water partition coefficient (Wildman–Crippen LogP) is 3.14. The fourth-order valence-electron chi connectivity index (χ4n) is 1.44. The molecule has 3 heteroatoms. The maximum atomic E-state index is 12.9. The Bertz CT molecular complexity index is 316. The van der Waals surface area contributed by atoms with Crippen LogP contribution in [0.1, 0.15) is 26.3 Å². The van der Waals surface area contributed by atoms with Crippen molar-refractivity contribution in [1.29, 1.82) is 0 Å². The van der Waals surface area contributed by atoms with Gasteiger partial charge in [-0.3, -0.25) is 0 Å². The van der Waals surface area contributed by atoms with E-state index >= 15 is 0 Å². The van der Waals surface area contributed by atoms with Crippen molar-refractivity contribution >= 4 is 0 Å². The van der Waals surface area contributed by atoms with E-state index in [0.717, 1.165) is 12.6 Å². The Morgan fingerprint density at radius 3 is 2.12 bits per heavy atom. The second-order valence-electron chi connectivity index (χ2n) is 4.51. The molecule has 0 aliphatic rings. The van der Waals surface area contributed by atoms with Gasteiger partial charge in [0.2, 0.25) is 0 Å². The van der Waals surface area contributed by atoms with Crippen LogP contribution >= 0.6 is 0 Å². The van der Waals surface area contributed by atoms with Crippen LogP contribution in [0.15, 0.2) is 18.2 Å². The summed E-state index contributed by atoms with van der Waals surface area (Å²) in [6.07, 6.45) is 0.645. The number of hydrogen-bond acceptors (Lipinski definition) is 1. The van der Waals surface area contributed by atoms with E-state index in [0.29, 0.717) is 23.9 Å². The van der Waals surface area contributed by atoms with Gasteiger partial charge in [-0.2, -0.15) is 0 Å². The Morgan fingerprint density at radius 1 is 1.06 bits per heavy atom. The molecule has 0 aliphatic heterocycles. The maximum absolute atomic E-state index is 12.9. The number of nitrogens with one attached hydrogen (secondary N) is 1. The molecule has 0 saturated heterocycles. The molecule has 0 aromatic heterocycles. The van der Waals surface area contributed by atoms with E-state index in [9.17, 15) is 8.78 Å². The first-order valence-corrected chi connectivity index (χ1v) is 5.67. The normalized spacial score (nSPS) is 13.1. The van der Waals surface area contributed by atoms with Gasteiger partial charge in [-0.15, -0.1) is 0 Å². The van der Waals surface area contributed by atoms with Gasteiger partial charge in [-0.25, -0.2) is 8.78 Å². The van der Waals surface area contributed by atoms with E-state index in [1.54, 1.807) is 0 Å². The molecule has 1 N–H and O–H groups in total. The second kappa shape index (κ2) is 5.94. The molecule has 1 aromatic carbocycles. The summed E-state index contributed by atoms with van der Waals surface area (Å²) in [6.45, 7) is 7.12. The van der Waals surface area contributed by atoms with E-state index in [4.69, 9.17) is 0 Å². The highest BCUT2D eigenvalue weighted by Crippen LogP contribution is 2.08. The topological polar surface area (TPSA) is 12.0 Å². The zero-order valence-corrected chi connectivity index (χ0v) is 10.1. The van der Waals surface area contributed by atoms with Crippen molar-refractivity contribution in [1.82, 2.24) is 5.32 Å². The standard InChI is InChI=1S/C13H19F2N/c1-9(2)10(3)16-5-4-11-6-12(14)8-13(15)7-11/h6-10,16H,4-5H2,1-3H3. The molecule has 0 fully saturated rings. The third-order valence-electron chi connectivity index (χ3n) is 2.80. The minimum Gasteiger partial charge on any atom is -0.314 e. The van der Waals surface area contributed by atoms with Crippen LogP contribution in [0.25, 0.3) is 0 Å². The number of rotatable bonds is 5. The average Bonchev–Trinajstić information content (AvgIpc) is 2.15. The summed E-state index contributed by atoms with van der Waals surface area (Å²) >= 11 is 0. The third-order valence-corrected chi connectivity index (χ3v) is 2.80. The molecular formula is C13H19F2N. The lowest BCUT2D eigenvalue weighted by Crippen LogP contribution is -2.32.